The van der Waals surface area contributed by atoms with Gasteiger partial charge in [-0.2, -0.15) is 11.8 Å². The number of sulfonamides is 1. The van der Waals surface area contributed by atoms with Crippen molar-refractivity contribution in [2.24, 2.45) is 0 Å². The lowest BCUT2D eigenvalue weighted by atomic mass is 10.2. The number of carbonyl (C=O) groups is 1. The summed E-state index contributed by atoms with van der Waals surface area (Å²) in [7, 11) is -3.66. The summed E-state index contributed by atoms with van der Waals surface area (Å²) >= 11 is 1.56. The summed E-state index contributed by atoms with van der Waals surface area (Å²) in [6.07, 6.45) is 1.75. The van der Waals surface area contributed by atoms with Crippen LogP contribution in [0.25, 0.3) is 0 Å². The predicted octanol–water partition coefficient (Wildman–Crippen LogP) is 1.58. The van der Waals surface area contributed by atoms with E-state index in [4.69, 9.17) is 5.11 Å². The van der Waals surface area contributed by atoms with E-state index in [0.717, 1.165) is 11.8 Å². The number of thioether (sulfide) groups is 1. The molecular weight excluding hydrogens is 286 g/mol. The Morgan fingerprint density at radius 3 is 2.84 bits per heavy atom. The molecule has 0 spiro atoms. The van der Waals surface area contributed by atoms with Gasteiger partial charge in [-0.1, -0.05) is 12.1 Å². The summed E-state index contributed by atoms with van der Waals surface area (Å²) in [4.78, 5) is 10.7. The maximum absolute atomic E-state index is 11.9. The van der Waals surface area contributed by atoms with Gasteiger partial charge in [-0.05, 0) is 18.2 Å². The summed E-state index contributed by atoms with van der Waals surface area (Å²) in [6, 6.07) is 5.26. The van der Waals surface area contributed by atoms with Crippen LogP contribution in [0.1, 0.15) is 10.4 Å². The van der Waals surface area contributed by atoms with Crippen LogP contribution in [0.5, 0.6) is 0 Å². The van der Waals surface area contributed by atoms with Gasteiger partial charge in [0.2, 0.25) is 10.0 Å². The Labute approximate surface area is 116 Å². The molecular formula is C12H15NO4S2. The van der Waals surface area contributed by atoms with Crippen LogP contribution in [0, 0.1) is 0 Å². The van der Waals surface area contributed by atoms with Crippen LogP contribution in [-0.2, 0) is 10.0 Å². The molecule has 0 aliphatic rings. The summed E-state index contributed by atoms with van der Waals surface area (Å²) in [5.41, 5.74) is -0.0519. The van der Waals surface area contributed by atoms with Crippen LogP contribution in [0.4, 0.5) is 0 Å². The zero-order chi connectivity index (χ0) is 14.3. The van der Waals surface area contributed by atoms with Crippen molar-refractivity contribution >= 4 is 27.8 Å². The molecule has 0 unspecified atom stereocenters. The van der Waals surface area contributed by atoms with Crippen molar-refractivity contribution in [2.45, 2.75) is 4.90 Å². The molecule has 104 valence electrons. The standard InChI is InChI=1S/C12H15NO4S2/c1-2-7-18-8-6-13-19(16,17)11-5-3-4-10(9-11)12(14)15/h2-5,9,13H,1,6-8H2,(H,14,15). The smallest absolute Gasteiger partial charge is 0.335 e. The lowest BCUT2D eigenvalue weighted by Gasteiger charge is -2.06. The Hall–Kier alpha value is -1.31. The van der Waals surface area contributed by atoms with E-state index in [1.54, 1.807) is 17.8 Å². The average molecular weight is 301 g/mol. The van der Waals surface area contributed by atoms with Crippen molar-refractivity contribution < 1.29 is 18.3 Å². The van der Waals surface area contributed by atoms with Gasteiger partial charge in [-0.3, -0.25) is 0 Å². The number of hydrogen-bond acceptors (Lipinski definition) is 4. The molecule has 0 bridgehead atoms. The van der Waals surface area contributed by atoms with E-state index in [-0.39, 0.29) is 17.0 Å². The van der Waals surface area contributed by atoms with Gasteiger partial charge in [0.25, 0.3) is 0 Å². The fourth-order valence-electron chi connectivity index (χ4n) is 1.29. The second kappa shape index (κ2) is 7.32. The second-order valence-electron chi connectivity index (χ2n) is 3.59. The first-order chi connectivity index (χ1) is 8.97. The van der Waals surface area contributed by atoms with Crippen LogP contribution >= 0.6 is 11.8 Å². The van der Waals surface area contributed by atoms with Crippen LogP contribution < -0.4 is 4.72 Å². The van der Waals surface area contributed by atoms with Gasteiger partial charge in [0.15, 0.2) is 0 Å². The number of rotatable bonds is 8. The summed E-state index contributed by atoms with van der Waals surface area (Å²) in [5.74, 6) is 0.235. The Bertz CT molecular complexity index is 555. The van der Waals surface area contributed by atoms with Gasteiger partial charge in [0, 0.05) is 18.1 Å². The number of aromatic carboxylic acids is 1. The van der Waals surface area contributed by atoms with Crippen molar-refractivity contribution in [1.82, 2.24) is 4.72 Å². The second-order valence-corrected chi connectivity index (χ2v) is 6.51. The van der Waals surface area contributed by atoms with Crippen LogP contribution in [0.3, 0.4) is 0 Å². The first-order valence-corrected chi connectivity index (χ1v) is 8.13. The zero-order valence-corrected chi connectivity index (χ0v) is 11.8. The Morgan fingerprint density at radius 1 is 1.47 bits per heavy atom. The molecule has 0 radical (unpaired) electrons. The molecule has 0 atom stereocenters. The molecule has 0 aromatic heterocycles. The monoisotopic (exact) mass is 301 g/mol. The van der Waals surface area contributed by atoms with Crippen molar-refractivity contribution in [2.75, 3.05) is 18.1 Å². The van der Waals surface area contributed by atoms with E-state index in [9.17, 15) is 13.2 Å². The Morgan fingerprint density at radius 2 is 2.21 bits per heavy atom. The molecule has 0 fully saturated rings. The predicted molar refractivity (Wildman–Crippen MR) is 76.1 cm³/mol. The van der Waals surface area contributed by atoms with E-state index in [0.29, 0.717) is 5.75 Å². The molecule has 7 heteroatoms. The van der Waals surface area contributed by atoms with E-state index < -0.39 is 16.0 Å². The molecule has 1 rings (SSSR count). The molecule has 0 aliphatic carbocycles. The van der Waals surface area contributed by atoms with E-state index in [1.165, 1.54) is 18.2 Å². The number of benzene rings is 1. The van der Waals surface area contributed by atoms with Crippen LogP contribution in [0.2, 0.25) is 0 Å². The van der Waals surface area contributed by atoms with E-state index >= 15 is 0 Å². The first-order valence-electron chi connectivity index (χ1n) is 5.49. The highest BCUT2D eigenvalue weighted by Crippen LogP contribution is 2.11. The summed E-state index contributed by atoms with van der Waals surface area (Å²) < 4.78 is 26.2. The van der Waals surface area contributed by atoms with Gasteiger partial charge in [0.05, 0.1) is 10.5 Å². The van der Waals surface area contributed by atoms with Gasteiger partial charge in [-0.25, -0.2) is 17.9 Å². The average Bonchev–Trinajstić information content (AvgIpc) is 2.38. The molecule has 1 aromatic carbocycles. The van der Waals surface area contributed by atoms with Gasteiger partial charge in [0.1, 0.15) is 0 Å². The normalized spacial score (nSPS) is 11.2. The maximum atomic E-state index is 11.9. The summed E-state index contributed by atoms with van der Waals surface area (Å²) in [5, 5.41) is 8.82. The molecule has 19 heavy (non-hydrogen) atoms. The molecule has 0 saturated carbocycles. The third-order valence-electron chi connectivity index (χ3n) is 2.17. The molecule has 1 aromatic rings. The minimum Gasteiger partial charge on any atom is -0.478 e. The molecule has 2 N–H and O–H groups in total. The fraction of sp³-hybridized carbons (Fsp3) is 0.250. The quantitative estimate of drug-likeness (QED) is 0.562. The Balaban J connectivity index is 2.69. The van der Waals surface area contributed by atoms with Crippen molar-refractivity contribution in [1.29, 1.82) is 0 Å². The van der Waals surface area contributed by atoms with Crippen molar-refractivity contribution in [3.8, 4) is 0 Å². The highest BCUT2D eigenvalue weighted by molar-refractivity contribution is 7.99. The molecule has 5 nitrogen and oxygen atoms in total. The number of carboxylic acids is 1. The van der Waals surface area contributed by atoms with Crippen molar-refractivity contribution in [3.05, 3.63) is 42.5 Å². The van der Waals surface area contributed by atoms with Gasteiger partial charge in [-0.15, -0.1) is 6.58 Å². The topological polar surface area (TPSA) is 83.5 Å². The first kappa shape index (κ1) is 15.7. The van der Waals surface area contributed by atoms with Crippen LogP contribution in [0.15, 0.2) is 41.8 Å². The minimum absolute atomic E-state index is 0.0406. The SMILES string of the molecule is C=CCSCCNS(=O)(=O)c1cccc(C(=O)O)c1. The summed E-state index contributed by atoms with van der Waals surface area (Å²) in [6.45, 7) is 3.86. The van der Waals surface area contributed by atoms with Crippen LogP contribution in [-0.4, -0.2) is 37.5 Å². The molecule has 0 amide bonds. The Kier molecular flexibility index (Phi) is 6.07. The molecule has 0 heterocycles. The fourth-order valence-corrected chi connectivity index (χ4v) is 3.08. The lowest BCUT2D eigenvalue weighted by molar-refractivity contribution is 0.0696. The number of hydrogen-bond donors (Lipinski definition) is 2. The highest BCUT2D eigenvalue weighted by atomic mass is 32.2. The number of carboxylic acid groups (broad SMARTS) is 1. The third-order valence-corrected chi connectivity index (χ3v) is 4.59. The lowest BCUT2D eigenvalue weighted by Crippen LogP contribution is -2.26. The molecule has 0 aliphatic heterocycles. The van der Waals surface area contributed by atoms with E-state index in [1.807, 2.05) is 0 Å². The third kappa shape index (κ3) is 5.06. The van der Waals surface area contributed by atoms with E-state index in [2.05, 4.69) is 11.3 Å². The van der Waals surface area contributed by atoms with Gasteiger partial charge >= 0.3 is 5.97 Å². The van der Waals surface area contributed by atoms with Gasteiger partial charge < -0.3 is 5.11 Å². The largest absolute Gasteiger partial charge is 0.478 e. The number of nitrogens with one attached hydrogen (secondary N) is 1. The minimum atomic E-state index is -3.66. The maximum Gasteiger partial charge on any atom is 0.335 e. The zero-order valence-electron chi connectivity index (χ0n) is 10.2. The highest BCUT2D eigenvalue weighted by Gasteiger charge is 2.15. The van der Waals surface area contributed by atoms with Crippen molar-refractivity contribution in [3.63, 3.8) is 0 Å². The molecule has 0 saturated heterocycles.